The van der Waals surface area contributed by atoms with E-state index in [2.05, 4.69) is 11.9 Å². The largest absolute Gasteiger partial charge is 0.401 e. The number of hydrogen-bond donors (Lipinski definition) is 1. The molecule has 1 fully saturated rings. The van der Waals surface area contributed by atoms with Gasteiger partial charge in [0.15, 0.2) is 0 Å². The van der Waals surface area contributed by atoms with Gasteiger partial charge >= 0.3 is 0 Å². The average molecular weight is 166 g/mol. The van der Waals surface area contributed by atoms with Gasteiger partial charge in [0.2, 0.25) is 0 Å². The van der Waals surface area contributed by atoms with Crippen molar-refractivity contribution in [3.8, 4) is 0 Å². The highest BCUT2D eigenvalue weighted by atomic mass is 14.7. The third-order valence-electron chi connectivity index (χ3n) is 2.32. The van der Waals surface area contributed by atoms with Gasteiger partial charge in [-0.25, -0.2) is 0 Å². The van der Waals surface area contributed by atoms with Gasteiger partial charge in [0.05, 0.1) is 0 Å². The van der Waals surface area contributed by atoms with Crippen molar-refractivity contribution in [3.05, 3.63) is 11.9 Å². The van der Waals surface area contributed by atoms with E-state index in [1.165, 1.54) is 25.0 Å². The maximum Gasteiger partial charge on any atom is 0.0451 e. The summed E-state index contributed by atoms with van der Waals surface area (Å²) in [6.07, 6.45) is 6.87. The van der Waals surface area contributed by atoms with E-state index >= 15 is 0 Å². The first kappa shape index (κ1) is 9.30. The van der Waals surface area contributed by atoms with Crippen LogP contribution < -0.4 is 5.73 Å². The zero-order valence-corrected chi connectivity index (χ0v) is 8.01. The molecule has 0 aromatic rings. The van der Waals surface area contributed by atoms with Crippen molar-refractivity contribution in [3.63, 3.8) is 0 Å². The topological polar surface area (TPSA) is 38.4 Å². The zero-order valence-electron chi connectivity index (χ0n) is 8.01. The lowest BCUT2D eigenvalue weighted by Crippen LogP contribution is -2.15. The molecule has 68 valence electrons. The van der Waals surface area contributed by atoms with Crippen LogP contribution in [-0.2, 0) is 0 Å². The van der Waals surface area contributed by atoms with Crippen molar-refractivity contribution in [1.29, 1.82) is 0 Å². The van der Waals surface area contributed by atoms with Crippen molar-refractivity contribution >= 4 is 5.71 Å². The highest BCUT2D eigenvalue weighted by Gasteiger charge is 2.14. The molecule has 0 radical (unpaired) electrons. The zero-order chi connectivity index (χ0) is 8.97. The maximum absolute atomic E-state index is 5.51. The van der Waals surface area contributed by atoms with Gasteiger partial charge in [-0.2, -0.15) is 0 Å². The summed E-state index contributed by atoms with van der Waals surface area (Å²) in [6.45, 7) is 4.12. The van der Waals surface area contributed by atoms with Crippen molar-refractivity contribution in [2.45, 2.75) is 39.5 Å². The second kappa shape index (κ2) is 4.29. The highest BCUT2D eigenvalue weighted by molar-refractivity contribution is 5.87. The summed E-state index contributed by atoms with van der Waals surface area (Å²) in [5.41, 5.74) is 7.63. The Labute approximate surface area is 74.6 Å². The maximum atomic E-state index is 5.51. The fraction of sp³-hybridized carbons (Fsp3) is 0.700. The third kappa shape index (κ3) is 2.68. The summed E-state index contributed by atoms with van der Waals surface area (Å²) < 4.78 is 0. The molecule has 2 N–H and O–H groups in total. The van der Waals surface area contributed by atoms with Gasteiger partial charge < -0.3 is 5.73 Å². The molecule has 0 bridgehead atoms. The molecule has 0 saturated heterocycles. The van der Waals surface area contributed by atoms with Crippen LogP contribution >= 0.6 is 0 Å². The van der Waals surface area contributed by atoms with E-state index in [4.69, 9.17) is 5.73 Å². The SMILES string of the molecule is C/C(N)=C/N=C1CCCCC1C. The molecule has 1 rings (SSSR count). The van der Waals surface area contributed by atoms with Gasteiger partial charge in [-0.3, -0.25) is 4.99 Å². The lowest BCUT2D eigenvalue weighted by atomic mass is 9.89. The first-order chi connectivity index (χ1) is 5.70. The van der Waals surface area contributed by atoms with Crippen molar-refractivity contribution in [1.82, 2.24) is 0 Å². The Morgan fingerprint density at radius 3 is 2.92 bits per heavy atom. The molecule has 1 aliphatic carbocycles. The summed E-state index contributed by atoms with van der Waals surface area (Å²) in [4.78, 5) is 4.39. The Balaban J connectivity index is 2.59. The monoisotopic (exact) mass is 166 g/mol. The van der Waals surface area contributed by atoms with Gasteiger partial charge in [0.25, 0.3) is 0 Å². The predicted octanol–water partition coefficient (Wildman–Crippen LogP) is 2.46. The van der Waals surface area contributed by atoms with Gasteiger partial charge in [-0.1, -0.05) is 13.3 Å². The summed E-state index contributed by atoms with van der Waals surface area (Å²) in [6, 6.07) is 0. The van der Waals surface area contributed by atoms with Gasteiger partial charge in [0, 0.05) is 17.6 Å². The summed E-state index contributed by atoms with van der Waals surface area (Å²) in [5, 5.41) is 0. The molecule has 1 atom stereocenters. The fourth-order valence-corrected chi connectivity index (χ4v) is 1.55. The van der Waals surface area contributed by atoms with Crippen molar-refractivity contribution in [2.75, 3.05) is 0 Å². The average Bonchev–Trinajstić information content (AvgIpc) is 2.03. The second-order valence-corrected chi connectivity index (χ2v) is 3.64. The first-order valence-corrected chi connectivity index (χ1v) is 4.69. The number of nitrogens with two attached hydrogens (primary N) is 1. The van der Waals surface area contributed by atoms with Gasteiger partial charge in [0.1, 0.15) is 0 Å². The van der Waals surface area contributed by atoms with E-state index in [1.54, 1.807) is 6.20 Å². The Bertz CT molecular complexity index is 200. The van der Waals surface area contributed by atoms with Crippen LogP contribution in [0, 0.1) is 5.92 Å². The Morgan fingerprint density at radius 1 is 1.58 bits per heavy atom. The molecule has 0 aromatic carbocycles. The molecule has 2 nitrogen and oxygen atoms in total. The van der Waals surface area contributed by atoms with Crippen LogP contribution in [-0.4, -0.2) is 5.71 Å². The summed E-state index contributed by atoms with van der Waals surface area (Å²) in [7, 11) is 0. The molecule has 2 heteroatoms. The Hall–Kier alpha value is -0.790. The first-order valence-electron chi connectivity index (χ1n) is 4.69. The van der Waals surface area contributed by atoms with Crippen LogP contribution in [0.15, 0.2) is 16.9 Å². The van der Waals surface area contributed by atoms with Crippen LogP contribution in [0.3, 0.4) is 0 Å². The number of rotatable bonds is 1. The van der Waals surface area contributed by atoms with Gasteiger partial charge in [-0.15, -0.1) is 0 Å². The van der Waals surface area contributed by atoms with Crippen molar-refractivity contribution < 1.29 is 0 Å². The predicted molar refractivity (Wildman–Crippen MR) is 53.0 cm³/mol. The molecule has 12 heavy (non-hydrogen) atoms. The smallest absolute Gasteiger partial charge is 0.0451 e. The van der Waals surface area contributed by atoms with Crippen LogP contribution in [0.4, 0.5) is 0 Å². The fourth-order valence-electron chi connectivity index (χ4n) is 1.55. The molecule has 1 saturated carbocycles. The molecular formula is C10H18N2. The van der Waals surface area contributed by atoms with E-state index in [0.717, 1.165) is 12.1 Å². The van der Waals surface area contributed by atoms with Crippen LogP contribution in [0.5, 0.6) is 0 Å². The number of nitrogens with zero attached hydrogens (tertiary/aromatic N) is 1. The number of allylic oxidation sites excluding steroid dienone is 1. The minimum atomic E-state index is 0.661. The molecule has 0 aliphatic heterocycles. The summed E-state index contributed by atoms with van der Waals surface area (Å²) in [5.74, 6) is 0.661. The van der Waals surface area contributed by atoms with E-state index in [0.29, 0.717) is 5.92 Å². The normalized spacial score (nSPS) is 29.3. The molecule has 0 heterocycles. The van der Waals surface area contributed by atoms with Crippen molar-refractivity contribution in [2.24, 2.45) is 16.6 Å². The van der Waals surface area contributed by atoms with Crippen LogP contribution in [0.25, 0.3) is 0 Å². The molecule has 0 amide bonds. The highest BCUT2D eigenvalue weighted by Crippen LogP contribution is 2.21. The van der Waals surface area contributed by atoms with E-state index in [9.17, 15) is 0 Å². The quantitative estimate of drug-likeness (QED) is 0.638. The second-order valence-electron chi connectivity index (χ2n) is 3.64. The summed E-state index contributed by atoms with van der Waals surface area (Å²) >= 11 is 0. The van der Waals surface area contributed by atoms with E-state index < -0.39 is 0 Å². The van der Waals surface area contributed by atoms with Gasteiger partial charge in [-0.05, 0) is 32.1 Å². The number of hydrogen-bond acceptors (Lipinski definition) is 2. The lowest BCUT2D eigenvalue weighted by Gasteiger charge is -2.19. The molecule has 1 aliphatic rings. The lowest BCUT2D eigenvalue weighted by molar-refractivity contribution is 0.559. The minimum Gasteiger partial charge on any atom is -0.401 e. The van der Waals surface area contributed by atoms with E-state index in [-0.39, 0.29) is 0 Å². The third-order valence-corrected chi connectivity index (χ3v) is 2.32. The molecule has 0 aromatic heterocycles. The molecule has 1 unspecified atom stereocenters. The standard InChI is InChI=1S/C10H18N2/c1-8-5-3-4-6-10(8)12-7-9(2)11/h7-8H,3-6,11H2,1-2H3/b9-7-,12-10?. The molecular weight excluding hydrogens is 148 g/mol. The van der Waals surface area contributed by atoms with Crippen LogP contribution in [0.2, 0.25) is 0 Å². The minimum absolute atomic E-state index is 0.661. The van der Waals surface area contributed by atoms with E-state index in [1.807, 2.05) is 6.92 Å². The van der Waals surface area contributed by atoms with Crippen LogP contribution in [0.1, 0.15) is 39.5 Å². The Kier molecular flexibility index (Phi) is 3.32. The number of aliphatic imine (C=N–C) groups is 1. The molecule has 0 spiro atoms. The Morgan fingerprint density at radius 2 is 2.33 bits per heavy atom.